The van der Waals surface area contributed by atoms with Gasteiger partial charge in [-0.15, -0.1) is 0 Å². The molecule has 1 aliphatic rings. The highest BCUT2D eigenvalue weighted by atomic mass is 35.5. The van der Waals surface area contributed by atoms with Gasteiger partial charge in [0, 0.05) is 18.3 Å². The summed E-state index contributed by atoms with van der Waals surface area (Å²) in [7, 11) is 0. The second kappa shape index (κ2) is 3.74. The highest BCUT2D eigenvalue weighted by Gasteiger charge is 2.24. The number of nitrogens with zero attached hydrogens (tertiary/aromatic N) is 1. The lowest BCUT2D eigenvalue weighted by Crippen LogP contribution is -2.45. The summed E-state index contributed by atoms with van der Waals surface area (Å²) in [5.74, 6) is -0.983. The van der Waals surface area contributed by atoms with Crippen molar-refractivity contribution in [3.63, 3.8) is 0 Å². The number of carbonyl (C=O) groups is 1. The SMILES string of the molecule is CC1CCN1c1ccc(C(=O)O)c(Cl)c1. The van der Waals surface area contributed by atoms with Crippen LogP contribution in [0.4, 0.5) is 5.69 Å². The molecular weight excluding hydrogens is 214 g/mol. The second-order valence-corrected chi connectivity index (χ2v) is 4.21. The summed E-state index contributed by atoms with van der Waals surface area (Å²) in [6, 6.07) is 5.62. The third kappa shape index (κ3) is 1.79. The first-order valence-corrected chi connectivity index (χ1v) is 5.27. The first-order chi connectivity index (χ1) is 7.09. The molecule has 1 saturated heterocycles. The molecule has 0 aliphatic carbocycles. The highest BCUT2D eigenvalue weighted by Crippen LogP contribution is 2.29. The predicted octanol–water partition coefficient (Wildman–Crippen LogP) is 2.64. The van der Waals surface area contributed by atoms with Crippen LogP contribution in [-0.4, -0.2) is 23.7 Å². The summed E-state index contributed by atoms with van der Waals surface area (Å²) in [5.41, 5.74) is 1.16. The molecule has 0 saturated carbocycles. The Bertz CT molecular complexity index is 406. The molecule has 1 fully saturated rings. The van der Waals surface area contributed by atoms with Crippen molar-refractivity contribution in [2.75, 3.05) is 11.4 Å². The summed E-state index contributed by atoms with van der Waals surface area (Å²) >= 11 is 5.89. The minimum Gasteiger partial charge on any atom is -0.478 e. The van der Waals surface area contributed by atoms with Crippen molar-refractivity contribution in [2.45, 2.75) is 19.4 Å². The van der Waals surface area contributed by atoms with Crippen LogP contribution in [0.3, 0.4) is 0 Å². The summed E-state index contributed by atoms with van der Waals surface area (Å²) in [4.78, 5) is 13.0. The van der Waals surface area contributed by atoms with Crippen LogP contribution in [0, 0.1) is 0 Å². The molecule has 0 aromatic heterocycles. The zero-order valence-electron chi connectivity index (χ0n) is 8.40. The minimum absolute atomic E-state index is 0.161. The molecular formula is C11H12ClNO2. The fourth-order valence-electron chi connectivity index (χ4n) is 1.76. The van der Waals surface area contributed by atoms with Crippen LogP contribution in [0.2, 0.25) is 5.02 Å². The van der Waals surface area contributed by atoms with Crippen molar-refractivity contribution in [1.29, 1.82) is 0 Å². The zero-order valence-corrected chi connectivity index (χ0v) is 9.16. The zero-order chi connectivity index (χ0) is 11.0. The van der Waals surface area contributed by atoms with Crippen molar-refractivity contribution >= 4 is 23.3 Å². The number of carboxylic acid groups (broad SMARTS) is 1. The summed E-state index contributed by atoms with van der Waals surface area (Å²) < 4.78 is 0. The molecule has 1 unspecified atom stereocenters. The second-order valence-electron chi connectivity index (χ2n) is 3.80. The first-order valence-electron chi connectivity index (χ1n) is 4.89. The Morgan fingerprint density at radius 3 is 2.73 bits per heavy atom. The number of rotatable bonds is 2. The fourth-order valence-corrected chi connectivity index (χ4v) is 2.01. The number of anilines is 1. The van der Waals surface area contributed by atoms with E-state index in [1.807, 2.05) is 6.07 Å². The Hall–Kier alpha value is -1.22. The van der Waals surface area contributed by atoms with Crippen molar-refractivity contribution in [1.82, 2.24) is 0 Å². The van der Waals surface area contributed by atoms with Crippen molar-refractivity contribution < 1.29 is 9.90 Å². The number of hydrogen-bond acceptors (Lipinski definition) is 2. The predicted molar refractivity (Wildman–Crippen MR) is 59.8 cm³/mol. The van der Waals surface area contributed by atoms with Crippen molar-refractivity contribution in [3.8, 4) is 0 Å². The van der Waals surface area contributed by atoms with E-state index in [1.54, 1.807) is 12.1 Å². The van der Waals surface area contributed by atoms with Gasteiger partial charge in [-0.2, -0.15) is 0 Å². The lowest BCUT2D eigenvalue weighted by Gasteiger charge is -2.40. The number of halogens is 1. The normalized spacial score (nSPS) is 19.9. The Labute approximate surface area is 93.3 Å². The third-order valence-electron chi connectivity index (χ3n) is 2.83. The summed E-state index contributed by atoms with van der Waals surface area (Å²) in [6.45, 7) is 3.16. The fraction of sp³-hybridized carbons (Fsp3) is 0.364. The highest BCUT2D eigenvalue weighted by molar-refractivity contribution is 6.33. The van der Waals surface area contributed by atoms with Crippen LogP contribution in [0.25, 0.3) is 0 Å². The Kier molecular flexibility index (Phi) is 2.57. The number of aromatic carboxylic acids is 1. The molecule has 3 nitrogen and oxygen atoms in total. The van der Waals surface area contributed by atoms with E-state index in [0.29, 0.717) is 11.1 Å². The van der Waals surface area contributed by atoms with Gasteiger partial charge in [0.15, 0.2) is 0 Å². The van der Waals surface area contributed by atoms with E-state index < -0.39 is 5.97 Å². The smallest absolute Gasteiger partial charge is 0.337 e. The maximum atomic E-state index is 10.8. The van der Waals surface area contributed by atoms with E-state index >= 15 is 0 Å². The Morgan fingerprint density at radius 2 is 2.33 bits per heavy atom. The van der Waals surface area contributed by atoms with Gasteiger partial charge in [-0.25, -0.2) is 4.79 Å². The molecule has 1 atom stereocenters. The third-order valence-corrected chi connectivity index (χ3v) is 3.15. The van der Waals surface area contributed by atoms with Gasteiger partial charge in [-0.1, -0.05) is 11.6 Å². The molecule has 2 rings (SSSR count). The van der Waals surface area contributed by atoms with Gasteiger partial charge in [0.25, 0.3) is 0 Å². The molecule has 15 heavy (non-hydrogen) atoms. The quantitative estimate of drug-likeness (QED) is 0.841. The maximum absolute atomic E-state index is 10.8. The van der Waals surface area contributed by atoms with Gasteiger partial charge in [0.05, 0.1) is 10.6 Å². The standard InChI is InChI=1S/C11H12ClNO2/c1-7-4-5-13(7)8-2-3-9(11(14)15)10(12)6-8/h2-3,6-7H,4-5H2,1H3,(H,14,15). The Balaban J connectivity index is 2.29. The maximum Gasteiger partial charge on any atom is 0.337 e. The van der Waals surface area contributed by atoms with Crippen LogP contribution >= 0.6 is 11.6 Å². The molecule has 4 heteroatoms. The lowest BCUT2D eigenvalue weighted by atomic mass is 10.0. The molecule has 0 radical (unpaired) electrons. The van der Waals surface area contributed by atoms with Crippen LogP contribution in [0.5, 0.6) is 0 Å². The molecule has 80 valence electrons. The van der Waals surface area contributed by atoms with Crippen molar-refractivity contribution in [3.05, 3.63) is 28.8 Å². The summed E-state index contributed by atoms with van der Waals surface area (Å²) in [6.07, 6.45) is 1.18. The van der Waals surface area contributed by atoms with Gasteiger partial charge in [0.1, 0.15) is 0 Å². The Morgan fingerprint density at radius 1 is 1.60 bits per heavy atom. The van der Waals surface area contributed by atoms with Crippen LogP contribution in [-0.2, 0) is 0 Å². The molecule has 1 N–H and O–H groups in total. The van der Waals surface area contributed by atoms with Gasteiger partial charge in [-0.05, 0) is 31.5 Å². The average Bonchev–Trinajstić information content (AvgIpc) is 2.15. The lowest BCUT2D eigenvalue weighted by molar-refractivity contribution is 0.0697. The van der Waals surface area contributed by atoms with Crippen LogP contribution in [0.1, 0.15) is 23.7 Å². The van der Waals surface area contributed by atoms with Crippen LogP contribution < -0.4 is 4.90 Å². The van der Waals surface area contributed by atoms with E-state index in [1.165, 1.54) is 6.42 Å². The molecule has 1 aliphatic heterocycles. The van der Waals surface area contributed by atoms with E-state index in [0.717, 1.165) is 12.2 Å². The van der Waals surface area contributed by atoms with E-state index in [4.69, 9.17) is 16.7 Å². The molecule has 0 amide bonds. The topological polar surface area (TPSA) is 40.5 Å². The van der Waals surface area contributed by atoms with Gasteiger partial charge in [0.2, 0.25) is 0 Å². The van der Waals surface area contributed by atoms with E-state index in [9.17, 15) is 4.79 Å². The van der Waals surface area contributed by atoms with E-state index in [-0.39, 0.29) is 5.56 Å². The van der Waals surface area contributed by atoms with Crippen LogP contribution in [0.15, 0.2) is 18.2 Å². The van der Waals surface area contributed by atoms with E-state index in [2.05, 4.69) is 11.8 Å². The monoisotopic (exact) mass is 225 g/mol. The average molecular weight is 226 g/mol. The van der Waals surface area contributed by atoms with Crippen molar-refractivity contribution in [2.24, 2.45) is 0 Å². The van der Waals surface area contributed by atoms with Gasteiger partial charge >= 0.3 is 5.97 Å². The molecule has 1 aromatic carbocycles. The molecule has 1 aromatic rings. The minimum atomic E-state index is -0.983. The van der Waals surface area contributed by atoms with Gasteiger partial charge < -0.3 is 10.0 Å². The number of benzene rings is 1. The molecule has 0 bridgehead atoms. The van der Waals surface area contributed by atoms with Gasteiger partial charge in [-0.3, -0.25) is 0 Å². The largest absolute Gasteiger partial charge is 0.478 e. The molecule has 1 heterocycles. The summed E-state index contributed by atoms with van der Waals surface area (Å²) in [5, 5.41) is 9.12. The first kappa shape index (κ1) is 10.3. The number of hydrogen-bond donors (Lipinski definition) is 1. The molecule has 0 spiro atoms. The number of carboxylic acids is 1.